The Labute approximate surface area is 163 Å². The first-order valence-electron chi connectivity index (χ1n) is 9.44. The Morgan fingerprint density at radius 1 is 1.19 bits per heavy atom. The molecule has 1 saturated heterocycles. The molecule has 0 aromatic heterocycles. The van der Waals surface area contributed by atoms with Crippen LogP contribution in [0.25, 0.3) is 5.57 Å². The molecule has 2 aromatic rings. The normalized spacial score (nSPS) is 19.6. The molecule has 0 spiro atoms. The molecule has 5 heteroatoms. The molecule has 0 saturated carbocycles. The number of hydrogen-bond donors (Lipinski definition) is 1. The van der Waals surface area contributed by atoms with Crippen molar-refractivity contribution >= 4 is 17.3 Å². The van der Waals surface area contributed by atoms with Crippen molar-refractivity contribution in [1.29, 1.82) is 0 Å². The number of ether oxygens (including phenoxy) is 1. The highest BCUT2D eigenvalue weighted by molar-refractivity contribution is 7.99. The van der Waals surface area contributed by atoms with Crippen LogP contribution in [0.2, 0.25) is 0 Å². The molecule has 2 aliphatic heterocycles. The maximum atomic E-state index is 12.3. The number of alkyl halides is 1. The van der Waals surface area contributed by atoms with Gasteiger partial charge in [0.2, 0.25) is 0 Å². The van der Waals surface area contributed by atoms with E-state index >= 15 is 0 Å². The van der Waals surface area contributed by atoms with E-state index in [9.17, 15) is 9.50 Å². The summed E-state index contributed by atoms with van der Waals surface area (Å²) in [5, 5.41) is 9.71. The Balaban J connectivity index is 1.42. The second-order valence-electron chi connectivity index (χ2n) is 7.01. The van der Waals surface area contributed by atoms with Crippen molar-refractivity contribution in [3.63, 3.8) is 0 Å². The molecule has 3 nitrogen and oxygen atoms in total. The number of phenols is 1. The lowest BCUT2D eigenvalue weighted by Gasteiger charge is -2.19. The van der Waals surface area contributed by atoms with Crippen molar-refractivity contribution in [3.05, 3.63) is 59.7 Å². The van der Waals surface area contributed by atoms with Gasteiger partial charge in [0.25, 0.3) is 0 Å². The van der Waals surface area contributed by atoms with E-state index in [1.807, 2.05) is 24.3 Å². The Bertz CT molecular complexity index is 822. The summed E-state index contributed by atoms with van der Waals surface area (Å²) in [5.41, 5.74) is 3.52. The molecule has 0 amide bonds. The van der Waals surface area contributed by atoms with E-state index in [1.165, 1.54) is 5.57 Å². The molecule has 0 aliphatic carbocycles. The van der Waals surface area contributed by atoms with Crippen LogP contribution in [0.3, 0.4) is 0 Å². The topological polar surface area (TPSA) is 32.7 Å². The highest BCUT2D eigenvalue weighted by atomic mass is 32.2. The van der Waals surface area contributed by atoms with Gasteiger partial charge in [-0.05, 0) is 59.9 Å². The first kappa shape index (κ1) is 18.4. The third kappa shape index (κ3) is 4.30. The summed E-state index contributed by atoms with van der Waals surface area (Å²) in [5.74, 6) is 2.09. The fourth-order valence-corrected chi connectivity index (χ4v) is 4.70. The molecular formula is C22H24FNO2S. The minimum Gasteiger partial charge on any atom is -0.508 e. The molecule has 1 N–H and O–H groups in total. The lowest BCUT2D eigenvalue weighted by molar-refractivity contribution is 0.198. The van der Waals surface area contributed by atoms with Crippen LogP contribution in [0.1, 0.15) is 24.0 Å². The van der Waals surface area contributed by atoms with Gasteiger partial charge in [-0.15, -0.1) is 11.8 Å². The van der Waals surface area contributed by atoms with Crippen molar-refractivity contribution < 1.29 is 14.2 Å². The van der Waals surface area contributed by atoms with Gasteiger partial charge in [0.1, 0.15) is 17.6 Å². The Kier molecular flexibility index (Phi) is 5.69. The molecular weight excluding hydrogens is 361 g/mol. The Morgan fingerprint density at radius 3 is 2.85 bits per heavy atom. The van der Waals surface area contributed by atoms with Crippen LogP contribution in [0, 0.1) is 0 Å². The van der Waals surface area contributed by atoms with Crippen LogP contribution >= 0.6 is 11.8 Å². The molecule has 142 valence electrons. The van der Waals surface area contributed by atoms with Gasteiger partial charge in [-0.3, -0.25) is 9.29 Å². The van der Waals surface area contributed by atoms with E-state index in [0.717, 1.165) is 53.6 Å². The van der Waals surface area contributed by atoms with Crippen LogP contribution in [0.4, 0.5) is 4.39 Å². The monoisotopic (exact) mass is 385 g/mol. The van der Waals surface area contributed by atoms with Crippen molar-refractivity contribution in [3.8, 4) is 11.5 Å². The summed E-state index contributed by atoms with van der Waals surface area (Å²) in [4.78, 5) is 3.39. The van der Waals surface area contributed by atoms with Crippen molar-refractivity contribution in [2.45, 2.75) is 23.8 Å². The van der Waals surface area contributed by atoms with Gasteiger partial charge in [0.05, 0.1) is 6.67 Å². The van der Waals surface area contributed by atoms with Gasteiger partial charge in [0.15, 0.2) is 0 Å². The summed E-state index contributed by atoms with van der Waals surface area (Å²) in [7, 11) is 0. The van der Waals surface area contributed by atoms with Crippen LogP contribution < -0.4 is 4.74 Å². The van der Waals surface area contributed by atoms with Gasteiger partial charge in [-0.1, -0.05) is 18.2 Å². The van der Waals surface area contributed by atoms with Crippen LogP contribution in [-0.4, -0.2) is 48.2 Å². The zero-order valence-electron chi connectivity index (χ0n) is 15.2. The predicted octanol–water partition coefficient (Wildman–Crippen LogP) is 4.74. The number of benzene rings is 2. The third-order valence-corrected chi connectivity index (χ3v) is 6.07. The van der Waals surface area contributed by atoms with Crippen LogP contribution in [-0.2, 0) is 0 Å². The summed E-state index contributed by atoms with van der Waals surface area (Å²) < 4.78 is 18.4. The molecule has 0 bridgehead atoms. The summed E-state index contributed by atoms with van der Waals surface area (Å²) in [6.07, 6.45) is 4.02. The zero-order chi connectivity index (χ0) is 18.6. The van der Waals surface area contributed by atoms with Gasteiger partial charge in [0, 0.05) is 30.3 Å². The predicted molar refractivity (Wildman–Crippen MR) is 108 cm³/mol. The largest absolute Gasteiger partial charge is 0.508 e. The first-order chi connectivity index (χ1) is 13.2. The highest BCUT2D eigenvalue weighted by Gasteiger charge is 2.23. The molecule has 2 aromatic carbocycles. The Morgan fingerprint density at radius 2 is 2.04 bits per heavy atom. The van der Waals surface area contributed by atoms with Crippen LogP contribution in [0.5, 0.6) is 11.5 Å². The number of nitrogens with zero attached hydrogens (tertiary/aromatic N) is 1. The van der Waals surface area contributed by atoms with Crippen LogP contribution in [0.15, 0.2) is 53.4 Å². The number of hydrogen-bond acceptors (Lipinski definition) is 4. The lowest BCUT2D eigenvalue weighted by Crippen LogP contribution is -2.26. The first-order valence-corrected chi connectivity index (χ1v) is 10.4. The maximum absolute atomic E-state index is 12.3. The smallest absolute Gasteiger partial charge is 0.119 e. The maximum Gasteiger partial charge on any atom is 0.119 e. The summed E-state index contributed by atoms with van der Waals surface area (Å²) in [6.45, 7) is 2.43. The molecule has 0 radical (unpaired) electrons. The van der Waals surface area contributed by atoms with E-state index < -0.39 is 0 Å². The van der Waals surface area contributed by atoms with E-state index in [2.05, 4.69) is 23.1 Å². The van der Waals surface area contributed by atoms with E-state index in [4.69, 9.17) is 4.74 Å². The third-order valence-electron chi connectivity index (χ3n) is 5.09. The van der Waals surface area contributed by atoms with E-state index in [-0.39, 0.29) is 12.8 Å². The number of likely N-dealkylation sites (tertiary alicyclic amines) is 1. The lowest BCUT2D eigenvalue weighted by atomic mass is 9.97. The minimum absolute atomic E-state index is 0.185. The zero-order valence-corrected chi connectivity index (χ0v) is 16.1. The van der Waals surface area contributed by atoms with Crippen molar-refractivity contribution in [2.75, 3.05) is 32.1 Å². The van der Waals surface area contributed by atoms with Gasteiger partial charge in [-0.25, -0.2) is 0 Å². The van der Waals surface area contributed by atoms with E-state index in [1.54, 1.807) is 17.8 Å². The number of phenolic OH excluding ortho intramolecular Hbond substituents is 1. The average Bonchev–Trinajstić information content (AvgIpc) is 3.13. The minimum atomic E-state index is -0.249. The molecule has 2 aliphatic rings. The molecule has 4 rings (SSSR count). The number of fused-ring (bicyclic) bond motifs is 1. The van der Waals surface area contributed by atoms with Crippen molar-refractivity contribution in [1.82, 2.24) is 4.90 Å². The van der Waals surface area contributed by atoms with Crippen molar-refractivity contribution in [2.24, 2.45) is 0 Å². The fraction of sp³-hybridized carbons (Fsp3) is 0.364. The molecule has 27 heavy (non-hydrogen) atoms. The SMILES string of the molecule is Oc1ccc2c(c1)SCC=C2c1ccc(OC2CCN(CCCF)C2)cc1. The number of thioether (sulfide) groups is 1. The second-order valence-corrected chi connectivity index (χ2v) is 8.07. The molecule has 1 unspecified atom stereocenters. The Hall–Kier alpha value is -1.98. The number of halogens is 1. The number of rotatable bonds is 6. The van der Waals surface area contributed by atoms with Gasteiger partial charge >= 0.3 is 0 Å². The molecule has 2 heterocycles. The quantitative estimate of drug-likeness (QED) is 0.778. The average molecular weight is 386 g/mol. The van der Waals surface area contributed by atoms with Gasteiger partial charge < -0.3 is 9.84 Å². The highest BCUT2D eigenvalue weighted by Crippen LogP contribution is 2.39. The standard InChI is InChI=1S/C22H24FNO2S/c23-10-1-11-24-12-8-19(15-24)26-18-5-2-16(3-6-18)20-9-13-27-22-14-17(25)4-7-21(20)22/h2-7,9,14,19,25H,1,8,10-13,15H2. The summed E-state index contributed by atoms with van der Waals surface area (Å²) in [6, 6.07) is 13.8. The second kappa shape index (κ2) is 8.36. The fourth-order valence-electron chi connectivity index (χ4n) is 3.74. The van der Waals surface area contributed by atoms with E-state index in [0.29, 0.717) is 12.2 Å². The molecule has 1 atom stereocenters. The summed E-state index contributed by atoms with van der Waals surface area (Å²) >= 11 is 1.74. The van der Waals surface area contributed by atoms with Gasteiger partial charge in [-0.2, -0.15) is 0 Å². The molecule has 1 fully saturated rings. The number of aromatic hydroxyl groups is 1.